The number of ether oxygens (including phenoxy) is 1. The molecule has 1 aliphatic heterocycles. The minimum Gasteiger partial charge on any atom is -0.465 e. The van der Waals surface area contributed by atoms with Gasteiger partial charge in [0.1, 0.15) is 0 Å². The van der Waals surface area contributed by atoms with Crippen LogP contribution in [0.15, 0.2) is 0 Å². The van der Waals surface area contributed by atoms with E-state index in [1.807, 2.05) is 0 Å². The van der Waals surface area contributed by atoms with Crippen molar-refractivity contribution in [2.24, 2.45) is 0 Å². The highest BCUT2D eigenvalue weighted by Crippen LogP contribution is 2.08. The molecule has 0 aliphatic carbocycles. The fraction of sp³-hybridized carbons (Fsp3) is 0.875. The summed E-state index contributed by atoms with van der Waals surface area (Å²) in [6.07, 6.45) is 0.0297. The minimum atomic E-state index is -3.48. The quantitative estimate of drug-likeness (QED) is 0.696. The molecule has 0 bridgehead atoms. The molecule has 0 aromatic rings. The highest BCUT2D eigenvalue weighted by atomic mass is 32.2. The third kappa shape index (κ3) is 4.77. The predicted octanol–water partition coefficient (Wildman–Crippen LogP) is -0.268. The Labute approximate surface area is 94.1 Å². The minimum absolute atomic E-state index is 0.0632. The first-order valence-corrected chi connectivity index (χ1v) is 6.64. The van der Waals surface area contributed by atoms with Gasteiger partial charge in [-0.3, -0.25) is 4.18 Å². The summed E-state index contributed by atoms with van der Waals surface area (Å²) in [6, 6.07) is 0. The SMILES string of the molecule is CS(=O)(=O)OC[C@@H]1CCN(C(=O)O)CCO1. The van der Waals surface area contributed by atoms with Gasteiger partial charge in [-0.1, -0.05) is 0 Å². The van der Waals surface area contributed by atoms with Crippen LogP contribution in [0.1, 0.15) is 6.42 Å². The molecule has 0 aromatic heterocycles. The molecule has 1 fully saturated rings. The van der Waals surface area contributed by atoms with Gasteiger partial charge in [0.2, 0.25) is 0 Å². The van der Waals surface area contributed by atoms with Gasteiger partial charge in [-0.2, -0.15) is 8.42 Å². The van der Waals surface area contributed by atoms with E-state index >= 15 is 0 Å². The average Bonchev–Trinajstić information content (AvgIpc) is 2.38. The summed E-state index contributed by atoms with van der Waals surface area (Å²) in [5, 5.41) is 8.75. The van der Waals surface area contributed by atoms with Crippen LogP contribution >= 0.6 is 0 Å². The summed E-state index contributed by atoms with van der Waals surface area (Å²) in [5.41, 5.74) is 0. The van der Waals surface area contributed by atoms with Crippen LogP contribution in [0.3, 0.4) is 0 Å². The highest BCUT2D eigenvalue weighted by molar-refractivity contribution is 7.85. The second-order valence-corrected chi connectivity index (χ2v) is 5.18. The number of carbonyl (C=O) groups is 1. The van der Waals surface area contributed by atoms with Crippen molar-refractivity contribution in [2.75, 3.05) is 32.6 Å². The van der Waals surface area contributed by atoms with Crippen molar-refractivity contribution in [1.29, 1.82) is 0 Å². The van der Waals surface area contributed by atoms with Gasteiger partial charge in [-0.25, -0.2) is 4.79 Å². The van der Waals surface area contributed by atoms with Crippen LogP contribution in [0.4, 0.5) is 4.79 Å². The van der Waals surface area contributed by atoms with E-state index in [-0.39, 0.29) is 19.3 Å². The maximum atomic E-state index is 10.8. The molecule has 1 aliphatic rings. The van der Waals surface area contributed by atoms with E-state index < -0.39 is 16.2 Å². The largest absolute Gasteiger partial charge is 0.465 e. The molecule has 0 saturated carbocycles. The molecule has 1 saturated heterocycles. The lowest BCUT2D eigenvalue weighted by Crippen LogP contribution is -2.31. The molecule has 16 heavy (non-hydrogen) atoms. The second-order valence-electron chi connectivity index (χ2n) is 3.54. The zero-order valence-corrected chi connectivity index (χ0v) is 9.77. The Kier molecular flexibility index (Phi) is 4.51. The molecule has 94 valence electrons. The Balaban J connectivity index is 2.39. The first-order valence-electron chi connectivity index (χ1n) is 4.82. The smallest absolute Gasteiger partial charge is 0.407 e. The summed E-state index contributed by atoms with van der Waals surface area (Å²) in [4.78, 5) is 11.9. The predicted molar refractivity (Wildman–Crippen MR) is 54.8 cm³/mol. The first kappa shape index (κ1) is 13.2. The lowest BCUT2D eigenvalue weighted by atomic mass is 10.2. The molecular formula is C8H15NO6S. The van der Waals surface area contributed by atoms with Crippen molar-refractivity contribution < 1.29 is 27.2 Å². The van der Waals surface area contributed by atoms with Crippen LogP contribution in [0, 0.1) is 0 Å². The van der Waals surface area contributed by atoms with Gasteiger partial charge in [-0.15, -0.1) is 0 Å². The maximum absolute atomic E-state index is 10.8. The first-order chi connectivity index (χ1) is 7.38. The lowest BCUT2D eigenvalue weighted by molar-refractivity contribution is 0.0303. The van der Waals surface area contributed by atoms with E-state index in [0.717, 1.165) is 6.26 Å². The van der Waals surface area contributed by atoms with Gasteiger partial charge < -0.3 is 14.7 Å². The van der Waals surface area contributed by atoms with Gasteiger partial charge in [0.05, 0.1) is 25.6 Å². The van der Waals surface area contributed by atoms with Crippen LogP contribution in [0.25, 0.3) is 0 Å². The molecule has 1 atom stereocenters. The van der Waals surface area contributed by atoms with Crippen LogP contribution in [0.2, 0.25) is 0 Å². The Morgan fingerprint density at radius 1 is 1.56 bits per heavy atom. The Morgan fingerprint density at radius 3 is 2.81 bits per heavy atom. The summed E-state index contributed by atoms with van der Waals surface area (Å²) in [6.45, 7) is 0.814. The van der Waals surface area contributed by atoms with Crippen LogP contribution in [-0.2, 0) is 19.0 Å². The average molecular weight is 253 g/mol. The Hall–Kier alpha value is -0.860. The molecule has 1 N–H and O–H groups in total. The van der Waals surface area contributed by atoms with E-state index in [0.29, 0.717) is 19.5 Å². The third-order valence-electron chi connectivity index (χ3n) is 2.17. The van der Waals surface area contributed by atoms with Crippen LogP contribution < -0.4 is 0 Å². The van der Waals surface area contributed by atoms with E-state index in [9.17, 15) is 13.2 Å². The van der Waals surface area contributed by atoms with Crippen molar-refractivity contribution in [2.45, 2.75) is 12.5 Å². The third-order valence-corrected chi connectivity index (χ3v) is 2.74. The van der Waals surface area contributed by atoms with Crippen LogP contribution in [-0.4, -0.2) is 63.2 Å². The second kappa shape index (κ2) is 5.46. The number of amides is 1. The highest BCUT2D eigenvalue weighted by Gasteiger charge is 2.21. The number of rotatable bonds is 3. The van der Waals surface area contributed by atoms with E-state index in [2.05, 4.69) is 4.18 Å². The van der Waals surface area contributed by atoms with Crippen molar-refractivity contribution in [3.8, 4) is 0 Å². The standard InChI is InChI=1S/C8H15NO6S/c1-16(12,13)15-6-7-2-3-9(8(10)11)4-5-14-7/h7H,2-6H2,1H3,(H,10,11)/t7-/m0/s1. The van der Waals surface area contributed by atoms with E-state index in [1.165, 1.54) is 4.90 Å². The molecule has 0 aromatic carbocycles. The van der Waals surface area contributed by atoms with E-state index in [4.69, 9.17) is 9.84 Å². The van der Waals surface area contributed by atoms with Crippen molar-refractivity contribution in [3.05, 3.63) is 0 Å². The Bertz CT molecular complexity index is 340. The topological polar surface area (TPSA) is 93.1 Å². The molecular weight excluding hydrogens is 238 g/mol. The van der Waals surface area contributed by atoms with Gasteiger partial charge in [0, 0.05) is 13.1 Å². The van der Waals surface area contributed by atoms with Gasteiger partial charge >= 0.3 is 6.09 Å². The number of hydrogen-bond acceptors (Lipinski definition) is 5. The Morgan fingerprint density at radius 2 is 2.25 bits per heavy atom. The van der Waals surface area contributed by atoms with Crippen molar-refractivity contribution >= 4 is 16.2 Å². The molecule has 1 heterocycles. The van der Waals surface area contributed by atoms with Gasteiger partial charge in [0.25, 0.3) is 10.1 Å². The van der Waals surface area contributed by atoms with Gasteiger partial charge in [-0.05, 0) is 6.42 Å². The molecule has 0 radical (unpaired) electrons. The fourth-order valence-electron chi connectivity index (χ4n) is 1.35. The summed E-state index contributed by atoms with van der Waals surface area (Å²) >= 11 is 0. The number of hydrogen-bond donors (Lipinski definition) is 1. The monoisotopic (exact) mass is 253 g/mol. The van der Waals surface area contributed by atoms with Crippen LogP contribution in [0.5, 0.6) is 0 Å². The molecule has 0 spiro atoms. The summed E-state index contributed by atoms with van der Waals surface area (Å²) in [7, 11) is -3.48. The molecule has 7 nitrogen and oxygen atoms in total. The summed E-state index contributed by atoms with van der Waals surface area (Å²) in [5.74, 6) is 0. The van der Waals surface area contributed by atoms with E-state index in [1.54, 1.807) is 0 Å². The lowest BCUT2D eigenvalue weighted by Gasteiger charge is -2.15. The molecule has 1 rings (SSSR count). The number of carboxylic acid groups (broad SMARTS) is 1. The van der Waals surface area contributed by atoms with Crippen molar-refractivity contribution in [3.63, 3.8) is 0 Å². The van der Waals surface area contributed by atoms with Gasteiger partial charge in [0.15, 0.2) is 0 Å². The molecule has 1 amide bonds. The number of nitrogens with zero attached hydrogens (tertiary/aromatic N) is 1. The molecule has 0 unspecified atom stereocenters. The molecule has 8 heteroatoms. The maximum Gasteiger partial charge on any atom is 0.407 e. The summed E-state index contributed by atoms with van der Waals surface area (Å²) < 4.78 is 31.4. The van der Waals surface area contributed by atoms with Crippen molar-refractivity contribution in [1.82, 2.24) is 4.90 Å². The zero-order chi connectivity index (χ0) is 12.2. The zero-order valence-electron chi connectivity index (χ0n) is 8.96. The normalized spacial score (nSPS) is 22.8. The fourth-order valence-corrected chi connectivity index (χ4v) is 1.75.